The number of halogens is 1. The van der Waals surface area contributed by atoms with Crippen LogP contribution in [0.15, 0.2) is 0 Å². The third-order valence-corrected chi connectivity index (χ3v) is 2.04. The van der Waals surface area contributed by atoms with Crippen molar-refractivity contribution in [1.29, 1.82) is 0 Å². The van der Waals surface area contributed by atoms with E-state index in [9.17, 15) is 18.8 Å². The van der Waals surface area contributed by atoms with Crippen LogP contribution in [0.2, 0.25) is 0 Å². The molecule has 5 nitrogen and oxygen atoms in total. The summed E-state index contributed by atoms with van der Waals surface area (Å²) < 4.78 is 17.5. The highest BCUT2D eigenvalue weighted by Crippen LogP contribution is 2.23. The van der Waals surface area contributed by atoms with Gasteiger partial charge in [0.15, 0.2) is 6.04 Å². The summed E-state index contributed by atoms with van der Waals surface area (Å²) in [6.45, 7) is 1.10. The maximum atomic E-state index is 13.2. The summed E-state index contributed by atoms with van der Waals surface area (Å²) in [7, 11) is 1.08. The van der Waals surface area contributed by atoms with Gasteiger partial charge in [0, 0.05) is 6.92 Å². The van der Waals surface area contributed by atoms with E-state index in [1.54, 1.807) is 0 Å². The van der Waals surface area contributed by atoms with E-state index in [4.69, 9.17) is 0 Å². The lowest BCUT2D eigenvalue weighted by Gasteiger charge is -2.19. The van der Waals surface area contributed by atoms with Gasteiger partial charge < -0.3 is 4.74 Å². The van der Waals surface area contributed by atoms with Crippen molar-refractivity contribution >= 4 is 17.8 Å². The third-order valence-electron chi connectivity index (χ3n) is 2.04. The fourth-order valence-electron chi connectivity index (χ4n) is 1.44. The Morgan fingerprint density at radius 3 is 2.57 bits per heavy atom. The molecular weight excluding hydrogens is 193 g/mol. The van der Waals surface area contributed by atoms with Crippen LogP contribution in [0.25, 0.3) is 0 Å². The van der Waals surface area contributed by atoms with E-state index in [0.29, 0.717) is 4.90 Å². The highest BCUT2D eigenvalue weighted by molar-refractivity contribution is 6.01. The monoisotopic (exact) mass is 203 g/mol. The average molecular weight is 203 g/mol. The molecule has 2 atom stereocenters. The Labute approximate surface area is 79.8 Å². The summed E-state index contributed by atoms with van der Waals surface area (Å²) in [4.78, 5) is 33.8. The lowest BCUT2D eigenvalue weighted by atomic mass is 10.2. The molecule has 1 aliphatic rings. The third kappa shape index (κ3) is 1.59. The Morgan fingerprint density at radius 2 is 2.14 bits per heavy atom. The quantitative estimate of drug-likeness (QED) is 0.546. The fourth-order valence-corrected chi connectivity index (χ4v) is 1.44. The van der Waals surface area contributed by atoms with Crippen LogP contribution < -0.4 is 0 Å². The van der Waals surface area contributed by atoms with Crippen molar-refractivity contribution in [1.82, 2.24) is 4.90 Å². The van der Waals surface area contributed by atoms with Crippen LogP contribution in [-0.4, -0.2) is 42.0 Å². The summed E-state index contributed by atoms with van der Waals surface area (Å²) in [5, 5.41) is 0. The van der Waals surface area contributed by atoms with Crippen LogP contribution in [-0.2, 0) is 19.1 Å². The van der Waals surface area contributed by atoms with E-state index < -0.39 is 36.4 Å². The van der Waals surface area contributed by atoms with Gasteiger partial charge >= 0.3 is 5.97 Å². The molecule has 0 aromatic rings. The first-order chi connectivity index (χ1) is 6.49. The van der Waals surface area contributed by atoms with Crippen molar-refractivity contribution in [2.24, 2.45) is 0 Å². The number of hydrogen-bond donors (Lipinski definition) is 0. The zero-order valence-corrected chi connectivity index (χ0v) is 7.82. The van der Waals surface area contributed by atoms with E-state index >= 15 is 0 Å². The summed E-state index contributed by atoms with van der Waals surface area (Å²) in [6, 6.07) is -1.41. The highest BCUT2D eigenvalue weighted by atomic mass is 19.1. The molecule has 0 saturated carbocycles. The topological polar surface area (TPSA) is 63.7 Å². The smallest absolute Gasteiger partial charge is 0.332 e. The minimum atomic E-state index is -1.67. The van der Waals surface area contributed by atoms with E-state index in [0.717, 1.165) is 14.0 Å². The van der Waals surface area contributed by atoms with Crippen LogP contribution >= 0.6 is 0 Å². The molecule has 1 rings (SSSR count). The number of imide groups is 1. The van der Waals surface area contributed by atoms with E-state index in [-0.39, 0.29) is 0 Å². The number of methoxy groups -OCH3 is 1. The van der Waals surface area contributed by atoms with E-state index in [2.05, 4.69) is 4.74 Å². The Bertz CT molecular complexity index is 291. The number of esters is 1. The maximum absolute atomic E-state index is 13.2. The molecule has 1 saturated heterocycles. The van der Waals surface area contributed by atoms with Crippen LogP contribution in [0.3, 0.4) is 0 Å². The zero-order chi connectivity index (χ0) is 10.9. The Hall–Kier alpha value is -1.46. The minimum Gasteiger partial charge on any atom is -0.467 e. The second-order valence-electron chi connectivity index (χ2n) is 2.97. The molecule has 0 radical (unpaired) electrons. The minimum absolute atomic E-state index is 0.445. The second-order valence-corrected chi connectivity index (χ2v) is 2.97. The molecule has 6 heteroatoms. The number of likely N-dealkylation sites (tertiary alicyclic amines) is 1. The molecule has 14 heavy (non-hydrogen) atoms. The SMILES string of the molecule is COC(=O)C1C(F)CC(=O)N1C(C)=O. The van der Waals surface area contributed by atoms with Crippen LogP contribution in [0.5, 0.6) is 0 Å². The number of hydrogen-bond acceptors (Lipinski definition) is 4. The zero-order valence-electron chi connectivity index (χ0n) is 7.82. The molecule has 0 aromatic heterocycles. The Morgan fingerprint density at radius 1 is 1.57 bits per heavy atom. The molecule has 1 aliphatic heterocycles. The van der Waals surface area contributed by atoms with Crippen LogP contribution in [0, 0.1) is 0 Å². The Kier molecular flexibility index (Phi) is 2.83. The number of carbonyl (C=O) groups is 3. The largest absolute Gasteiger partial charge is 0.467 e. The molecule has 0 aromatic carbocycles. The normalized spacial score (nSPS) is 26.5. The van der Waals surface area contributed by atoms with Gasteiger partial charge in [-0.15, -0.1) is 0 Å². The molecule has 2 unspecified atom stereocenters. The lowest BCUT2D eigenvalue weighted by molar-refractivity contribution is -0.156. The van der Waals surface area contributed by atoms with Gasteiger partial charge in [-0.1, -0.05) is 0 Å². The fraction of sp³-hybridized carbons (Fsp3) is 0.625. The van der Waals surface area contributed by atoms with Crippen LogP contribution in [0.1, 0.15) is 13.3 Å². The first-order valence-corrected chi connectivity index (χ1v) is 4.03. The number of nitrogens with zero attached hydrogens (tertiary/aromatic N) is 1. The number of ether oxygens (including phenoxy) is 1. The molecule has 0 bridgehead atoms. The van der Waals surface area contributed by atoms with Gasteiger partial charge in [-0.05, 0) is 0 Å². The maximum Gasteiger partial charge on any atom is 0.332 e. The molecule has 0 N–H and O–H groups in total. The van der Waals surface area contributed by atoms with Crippen molar-refractivity contribution in [3.8, 4) is 0 Å². The molecule has 1 fully saturated rings. The van der Waals surface area contributed by atoms with Crippen LogP contribution in [0.4, 0.5) is 4.39 Å². The summed E-state index contributed by atoms with van der Waals surface area (Å²) in [5.41, 5.74) is 0. The van der Waals surface area contributed by atoms with Gasteiger partial charge in [0.1, 0.15) is 6.17 Å². The first-order valence-electron chi connectivity index (χ1n) is 4.03. The summed E-state index contributed by atoms with van der Waals surface area (Å²) in [6.07, 6.45) is -2.11. The highest BCUT2D eigenvalue weighted by Gasteiger charge is 2.47. The first kappa shape index (κ1) is 10.6. The molecule has 1 heterocycles. The van der Waals surface area contributed by atoms with Gasteiger partial charge in [0.2, 0.25) is 11.8 Å². The Balaban J connectivity index is 2.94. The molecule has 0 spiro atoms. The molecular formula is C8H10FNO4. The second kappa shape index (κ2) is 3.73. The van der Waals surface area contributed by atoms with Gasteiger partial charge in [-0.2, -0.15) is 0 Å². The average Bonchev–Trinajstić information content (AvgIpc) is 2.39. The number of alkyl halides is 1. The standard InChI is InChI=1S/C8H10FNO4/c1-4(11)10-6(12)3-5(9)7(10)8(13)14-2/h5,7H,3H2,1-2H3. The predicted molar refractivity (Wildman–Crippen MR) is 42.8 cm³/mol. The predicted octanol–water partition coefficient (Wildman–Crippen LogP) is -0.355. The van der Waals surface area contributed by atoms with Crippen molar-refractivity contribution in [2.45, 2.75) is 25.6 Å². The van der Waals surface area contributed by atoms with Crippen molar-refractivity contribution in [2.75, 3.05) is 7.11 Å². The number of carbonyl (C=O) groups excluding carboxylic acids is 3. The summed E-state index contributed by atoms with van der Waals surface area (Å²) in [5.74, 6) is -2.23. The van der Waals surface area contributed by atoms with E-state index in [1.807, 2.05) is 0 Å². The molecule has 0 aliphatic carbocycles. The van der Waals surface area contributed by atoms with E-state index in [1.165, 1.54) is 0 Å². The van der Waals surface area contributed by atoms with Gasteiger partial charge in [0.05, 0.1) is 13.5 Å². The molecule has 78 valence electrons. The van der Waals surface area contributed by atoms with Gasteiger partial charge in [-0.25, -0.2) is 9.18 Å². The van der Waals surface area contributed by atoms with Gasteiger partial charge in [-0.3, -0.25) is 14.5 Å². The molecule has 2 amide bonds. The van der Waals surface area contributed by atoms with Gasteiger partial charge in [0.25, 0.3) is 0 Å². The van der Waals surface area contributed by atoms with Crippen molar-refractivity contribution in [3.63, 3.8) is 0 Å². The number of amides is 2. The summed E-state index contributed by atoms with van der Waals surface area (Å²) >= 11 is 0. The van der Waals surface area contributed by atoms with Crippen molar-refractivity contribution < 1.29 is 23.5 Å². The van der Waals surface area contributed by atoms with Crippen molar-refractivity contribution in [3.05, 3.63) is 0 Å². The number of rotatable bonds is 1. The lowest BCUT2D eigenvalue weighted by Crippen LogP contribution is -2.45.